The number of alkyl carbamates (subject to hydrolysis) is 1. The van der Waals surface area contributed by atoms with Crippen LogP contribution < -0.4 is 10.1 Å². The molecular weight excluding hydrogens is 380 g/mol. The van der Waals surface area contributed by atoms with Crippen molar-refractivity contribution in [2.75, 3.05) is 13.1 Å². The second-order valence-corrected chi connectivity index (χ2v) is 8.51. The minimum Gasteiger partial charge on any atom is -0.489 e. The highest BCUT2D eigenvalue weighted by Crippen LogP contribution is 2.19. The minimum atomic E-state index is -0.519. The van der Waals surface area contributed by atoms with Gasteiger partial charge in [0.2, 0.25) is 0 Å². The smallest absolute Gasteiger partial charge is 0.407 e. The summed E-state index contributed by atoms with van der Waals surface area (Å²) in [4.78, 5) is 26.7. The first-order chi connectivity index (χ1) is 14.3. The van der Waals surface area contributed by atoms with Crippen molar-refractivity contribution in [2.45, 2.75) is 51.9 Å². The molecule has 6 nitrogen and oxygen atoms in total. The molecule has 1 fully saturated rings. The number of hydrogen-bond donors (Lipinski definition) is 1. The predicted octanol–water partition coefficient (Wildman–Crippen LogP) is 4.39. The average molecular weight is 411 g/mol. The highest BCUT2D eigenvalue weighted by molar-refractivity contribution is 5.94. The summed E-state index contributed by atoms with van der Waals surface area (Å²) in [6, 6.07) is 17.2. The van der Waals surface area contributed by atoms with E-state index < -0.39 is 11.7 Å². The van der Waals surface area contributed by atoms with Gasteiger partial charge in [0.15, 0.2) is 0 Å². The summed E-state index contributed by atoms with van der Waals surface area (Å²) in [5, 5.41) is 2.90. The third kappa shape index (κ3) is 6.51. The molecule has 0 atom stereocenters. The number of nitrogens with zero attached hydrogens (tertiary/aromatic N) is 1. The van der Waals surface area contributed by atoms with Gasteiger partial charge in [-0.25, -0.2) is 4.79 Å². The van der Waals surface area contributed by atoms with Gasteiger partial charge in [-0.15, -0.1) is 0 Å². The Balaban J connectivity index is 1.50. The monoisotopic (exact) mass is 410 g/mol. The molecule has 0 radical (unpaired) electrons. The summed E-state index contributed by atoms with van der Waals surface area (Å²) in [6.45, 7) is 7.16. The fourth-order valence-electron chi connectivity index (χ4n) is 3.34. The van der Waals surface area contributed by atoms with E-state index >= 15 is 0 Å². The van der Waals surface area contributed by atoms with Crippen LogP contribution in [0.1, 0.15) is 49.5 Å². The van der Waals surface area contributed by atoms with Crippen LogP contribution in [0.25, 0.3) is 0 Å². The normalized spacial score (nSPS) is 14.8. The Bertz CT molecular complexity index is 853. The van der Waals surface area contributed by atoms with Crippen LogP contribution in [0.3, 0.4) is 0 Å². The SMILES string of the molecule is CC(C)(C)OC(=O)NC1CCN(C(=O)c2cccc(OCc3ccccc3)c2)CC1. The quantitative estimate of drug-likeness (QED) is 0.794. The third-order valence-corrected chi connectivity index (χ3v) is 4.83. The van der Waals surface area contributed by atoms with Crippen molar-refractivity contribution < 1.29 is 19.1 Å². The van der Waals surface area contributed by atoms with Gasteiger partial charge in [0.05, 0.1) is 0 Å². The van der Waals surface area contributed by atoms with Crippen LogP contribution >= 0.6 is 0 Å². The molecule has 2 amide bonds. The highest BCUT2D eigenvalue weighted by Gasteiger charge is 2.26. The molecule has 0 bridgehead atoms. The Morgan fingerprint density at radius 2 is 1.73 bits per heavy atom. The van der Waals surface area contributed by atoms with Crippen LogP contribution in [-0.2, 0) is 11.3 Å². The number of piperidine rings is 1. The van der Waals surface area contributed by atoms with E-state index in [0.29, 0.717) is 43.9 Å². The molecule has 1 aliphatic rings. The first-order valence-corrected chi connectivity index (χ1v) is 10.4. The van der Waals surface area contributed by atoms with E-state index in [2.05, 4.69) is 5.32 Å². The fraction of sp³-hybridized carbons (Fsp3) is 0.417. The largest absolute Gasteiger partial charge is 0.489 e. The maximum absolute atomic E-state index is 12.9. The summed E-state index contributed by atoms with van der Waals surface area (Å²) in [7, 11) is 0. The second kappa shape index (κ2) is 9.65. The Labute approximate surface area is 178 Å². The molecular formula is C24H30N2O4. The van der Waals surface area contributed by atoms with Crippen LogP contribution in [0.5, 0.6) is 5.75 Å². The predicted molar refractivity (Wildman–Crippen MR) is 116 cm³/mol. The van der Waals surface area contributed by atoms with Gasteiger partial charge in [0.25, 0.3) is 5.91 Å². The van der Waals surface area contributed by atoms with Crippen molar-refractivity contribution >= 4 is 12.0 Å². The van der Waals surface area contributed by atoms with Gasteiger partial charge < -0.3 is 19.7 Å². The maximum Gasteiger partial charge on any atom is 0.407 e. The topological polar surface area (TPSA) is 67.9 Å². The van der Waals surface area contributed by atoms with Crippen molar-refractivity contribution in [1.82, 2.24) is 10.2 Å². The molecule has 1 saturated heterocycles. The molecule has 6 heteroatoms. The third-order valence-electron chi connectivity index (χ3n) is 4.83. The molecule has 0 unspecified atom stereocenters. The standard InChI is InChI=1S/C24H30N2O4/c1-24(2,3)30-23(28)25-20-12-14-26(15-13-20)22(27)19-10-7-11-21(16-19)29-17-18-8-5-4-6-9-18/h4-11,16,20H,12-15,17H2,1-3H3,(H,25,28). The molecule has 160 valence electrons. The fourth-order valence-corrected chi connectivity index (χ4v) is 3.34. The van der Waals surface area contributed by atoms with Gasteiger partial charge in [-0.05, 0) is 57.4 Å². The summed E-state index contributed by atoms with van der Waals surface area (Å²) in [5.74, 6) is 0.655. The van der Waals surface area contributed by atoms with E-state index in [1.54, 1.807) is 6.07 Å². The van der Waals surface area contributed by atoms with E-state index in [1.807, 2.05) is 74.2 Å². The number of ether oxygens (including phenoxy) is 2. The lowest BCUT2D eigenvalue weighted by Crippen LogP contribution is -2.47. The lowest BCUT2D eigenvalue weighted by molar-refractivity contribution is 0.0473. The first kappa shape index (κ1) is 21.7. The molecule has 3 rings (SSSR count). The first-order valence-electron chi connectivity index (χ1n) is 10.4. The highest BCUT2D eigenvalue weighted by atomic mass is 16.6. The molecule has 1 N–H and O–H groups in total. The van der Waals surface area contributed by atoms with Crippen molar-refractivity contribution in [1.29, 1.82) is 0 Å². The number of hydrogen-bond acceptors (Lipinski definition) is 4. The molecule has 0 aliphatic carbocycles. The maximum atomic E-state index is 12.9. The number of carbonyl (C=O) groups is 2. The lowest BCUT2D eigenvalue weighted by atomic mass is 10.0. The average Bonchev–Trinajstić information content (AvgIpc) is 2.72. The second-order valence-electron chi connectivity index (χ2n) is 8.51. The number of nitrogens with one attached hydrogen (secondary N) is 1. The number of rotatable bonds is 5. The van der Waals surface area contributed by atoms with E-state index in [-0.39, 0.29) is 11.9 Å². The number of likely N-dealkylation sites (tertiary alicyclic amines) is 1. The number of amides is 2. The van der Waals surface area contributed by atoms with Gasteiger partial charge in [-0.3, -0.25) is 4.79 Å². The zero-order chi connectivity index (χ0) is 21.6. The number of benzene rings is 2. The van der Waals surface area contributed by atoms with Crippen LogP contribution in [0.2, 0.25) is 0 Å². The van der Waals surface area contributed by atoms with Crippen LogP contribution in [0.15, 0.2) is 54.6 Å². The molecule has 0 saturated carbocycles. The molecule has 30 heavy (non-hydrogen) atoms. The van der Waals surface area contributed by atoms with Crippen molar-refractivity contribution in [3.05, 3.63) is 65.7 Å². The van der Waals surface area contributed by atoms with E-state index in [4.69, 9.17) is 9.47 Å². The van der Waals surface area contributed by atoms with Crippen LogP contribution in [0, 0.1) is 0 Å². The zero-order valence-corrected chi connectivity index (χ0v) is 17.9. The van der Waals surface area contributed by atoms with Gasteiger partial charge in [-0.1, -0.05) is 36.4 Å². The van der Waals surface area contributed by atoms with Crippen molar-refractivity contribution in [2.24, 2.45) is 0 Å². The van der Waals surface area contributed by atoms with Crippen LogP contribution in [-0.4, -0.2) is 41.6 Å². The summed E-state index contributed by atoms with van der Waals surface area (Å²) < 4.78 is 11.1. The van der Waals surface area contributed by atoms with E-state index in [9.17, 15) is 9.59 Å². The molecule has 2 aromatic rings. The van der Waals surface area contributed by atoms with E-state index in [0.717, 1.165) is 5.56 Å². The van der Waals surface area contributed by atoms with Crippen molar-refractivity contribution in [3.63, 3.8) is 0 Å². The number of carbonyl (C=O) groups excluding carboxylic acids is 2. The lowest BCUT2D eigenvalue weighted by Gasteiger charge is -2.33. The van der Waals surface area contributed by atoms with Crippen molar-refractivity contribution in [3.8, 4) is 5.75 Å². The van der Waals surface area contributed by atoms with Gasteiger partial charge >= 0.3 is 6.09 Å². The molecule has 2 aromatic carbocycles. The minimum absolute atomic E-state index is 0.0177. The molecule has 0 aromatic heterocycles. The Morgan fingerprint density at radius 3 is 2.40 bits per heavy atom. The molecule has 1 heterocycles. The van der Waals surface area contributed by atoms with E-state index in [1.165, 1.54) is 0 Å². The Hall–Kier alpha value is -3.02. The summed E-state index contributed by atoms with van der Waals surface area (Å²) in [6.07, 6.45) is 1.00. The Morgan fingerprint density at radius 1 is 1.03 bits per heavy atom. The summed E-state index contributed by atoms with van der Waals surface area (Å²) >= 11 is 0. The molecule has 0 spiro atoms. The van der Waals surface area contributed by atoms with Crippen LogP contribution in [0.4, 0.5) is 4.79 Å². The van der Waals surface area contributed by atoms with Gasteiger partial charge in [0.1, 0.15) is 18.0 Å². The summed E-state index contributed by atoms with van der Waals surface area (Å²) in [5.41, 5.74) is 1.17. The molecule has 1 aliphatic heterocycles. The Kier molecular flexibility index (Phi) is 6.98. The van der Waals surface area contributed by atoms with Gasteiger partial charge in [-0.2, -0.15) is 0 Å². The van der Waals surface area contributed by atoms with Gasteiger partial charge in [0, 0.05) is 24.7 Å². The zero-order valence-electron chi connectivity index (χ0n) is 17.9.